The van der Waals surface area contributed by atoms with Crippen LogP contribution in [0.5, 0.6) is 0 Å². The molecule has 1 rings (SSSR count). The first-order valence-electron chi connectivity index (χ1n) is 5.46. The number of nitrogens with zero attached hydrogens (tertiary/aromatic N) is 2. The van der Waals surface area contributed by atoms with Crippen LogP contribution in [0.2, 0.25) is 10.0 Å². The zero-order valence-corrected chi connectivity index (χ0v) is 12.3. The van der Waals surface area contributed by atoms with Crippen molar-refractivity contribution < 1.29 is 9.90 Å². The van der Waals surface area contributed by atoms with Gasteiger partial charge in [0.2, 0.25) is 0 Å². The van der Waals surface area contributed by atoms with Gasteiger partial charge in [-0.05, 0) is 26.0 Å². The van der Waals surface area contributed by atoms with Crippen molar-refractivity contribution in [2.75, 3.05) is 11.9 Å². The van der Waals surface area contributed by atoms with Crippen molar-refractivity contribution >= 4 is 40.6 Å². The number of amides is 1. The molecule has 0 aliphatic rings. The average molecular weight is 301 g/mol. The summed E-state index contributed by atoms with van der Waals surface area (Å²) in [4.78, 5) is 17.1. The van der Waals surface area contributed by atoms with E-state index in [0.29, 0.717) is 21.6 Å². The molecule has 1 amide bonds. The van der Waals surface area contributed by atoms with Crippen LogP contribution in [-0.2, 0) is 4.79 Å². The van der Waals surface area contributed by atoms with Gasteiger partial charge in [-0.1, -0.05) is 29.3 Å². The first-order valence-corrected chi connectivity index (χ1v) is 6.22. The highest BCUT2D eigenvalue weighted by Crippen LogP contribution is 2.31. The molecule has 0 fully saturated rings. The van der Waals surface area contributed by atoms with E-state index in [1.807, 2.05) is 0 Å². The SMILES string of the molecule is CC(=CO)C(=O)N=C(C)N(C)c1cccc(Cl)c1Cl. The van der Waals surface area contributed by atoms with E-state index in [1.165, 1.54) is 6.92 Å². The molecule has 0 aliphatic heterocycles. The van der Waals surface area contributed by atoms with Crippen LogP contribution in [0, 0.1) is 0 Å². The summed E-state index contributed by atoms with van der Waals surface area (Å²) in [5.74, 6) is -0.0691. The second-order valence-corrected chi connectivity index (χ2v) is 4.69. The number of benzene rings is 1. The lowest BCUT2D eigenvalue weighted by molar-refractivity contribution is -0.114. The quantitative estimate of drug-likeness (QED) is 0.391. The monoisotopic (exact) mass is 300 g/mol. The van der Waals surface area contributed by atoms with Crippen LogP contribution in [0.1, 0.15) is 13.8 Å². The van der Waals surface area contributed by atoms with Gasteiger partial charge in [0.05, 0.1) is 27.6 Å². The highest BCUT2D eigenvalue weighted by molar-refractivity contribution is 6.44. The van der Waals surface area contributed by atoms with Crippen molar-refractivity contribution in [2.24, 2.45) is 4.99 Å². The molecule has 0 atom stereocenters. The van der Waals surface area contributed by atoms with Crippen molar-refractivity contribution in [3.05, 3.63) is 40.1 Å². The maximum absolute atomic E-state index is 11.6. The number of rotatable bonds is 2. The fraction of sp³-hybridized carbons (Fsp3) is 0.231. The summed E-state index contributed by atoms with van der Waals surface area (Å²) in [6.45, 7) is 3.14. The van der Waals surface area contributed by atoms with Crippen LogP contribution >= 0.6 is 23.2 Å². The van der Waals surface area contributed by atoms with Gasteiger partial charge in [-0.15, -0.1) is 0 Å². The summed E-state index contributed by atoms with van der Waals surface area (Å²) in [7, 11) is 1.72. The molecule has 0 spiro atoms. The van der Waals surface area contributed by atoms with Crippen molar-refractivity contribution in [2.45, 2.75) is 13.8 Å². The molecule has 6 heteroatoms. The smallest absolute Gasteiger partial charge is 0.277 e. The van der Waals surface area contributed by atoms with Gasteiger partial charge in [-0.2, -0.15) is 4.99 Å². The topological polar surface area (TPSA) is 52.9 Å². The molecule has 1 N–H and O–H groups in total. The minimum Gasteiger partial charge on any atom is -0.515 e. The normalized spacial score (nSPS) is 12.5. The summed E-state index contributed by atoms with van der Waals surface area (Å²) < 4.78 is 0. The number of anilines is 1. The average Bonchev–Trinajstić information content (AvgIpc) is 2.39. The summed E-state index contributed by atoms with van der Waals surface area (Å²) in [6.07, 6.45) is 0.728. The largest absolute Gasteiger partial charge is 0.515 e. The Morgan fingerprint density at radius 2 is 2.00 bits per heavy atom. The number of halogens is 2. The Kier molecular flexibility index (Phi) is 5.39. The third kappa shape index (κ3) is 3.72. The molecule has 0 aliphatic carbocycles. The molecule has 0 unspecified atom stereocenters. The summed E-state index contributed by atoms with van der Waals surface area (Å²) in [5, 5.41) is 9.57. The Hall–Kier alpha value is -1.52. The lowest BCUT2D eigenvalue weighted by Gasteiger charge is -2.20. The summed E-state index contributed by atoms with van der Waals surface area (Å²) in [5.41, 5.74) is 0.804. The molecule has 19 heavy (non-hydrogen) atoms. The number of aliphatic imine (C=N–C) groups is 1. The van der Waals surface area contributed by atoms with Gasteiger partial charge >= 0.3 is 0 Å². The van der Waals surface area contributed by atoms with E-state index in [-0.39, 0.29) is 5.57 Å². The Morgan fingerprint density at radius 1 is 1.37 bits per heavy atom. The summed E-state index contributed by atoms with van der Waals surface area (Å²) in [6, 6.07) is 5.21. The van der Waals surface area contributed by atoms with Gasteiger partial charge in [-0.25, -0.2) is 0 Å². The number of hydrogen-bond acceptors (Lipinski definition) is 2. The molecule has 0 bridgehead atoms. The fourth-order valence-electron chi connectivity index (χ4n) is 1.29. The molecular formula is C13H14Cl2N2O2. The minimum absolute atomic E-state index is 0.157. The van der Waals surface area contributed by atoms with Gasteiger partial charge in [0, 0.05) is 7.05 Å². The third-order valence-electron chi connectivity index (χ3n) is 2.57. The number of carbonyl (C=O) groups excluding carboxylic acids is 1. The molecule has 4 nitrogen and oxygen atoms in total. The third-order valence-corrected chi connectivity index (χ3v) is 3.38. The van der Waals surface area contributed by atoms with E-state index >= 15 is 0 Å². The second kappa shape index (κ2) is 6.59. The van der Waals surface area contributed by atoms with E-state index in [4.69, 9.17) is 28.3 Å². The standard InChI is InChI=1S/C13H14Cl2N2O2/c1-8(7-18)13(19)16-9(2)17(3)11-6-4-5-10(14)12(11)15/h4-7,18H,1-3H3. The van der Waals surface area contributed by atoms with Crippen LogP contribution in [0.25, 0.3) is 0 Å². The van der Waals surface area contributed by atoms with Gasteiger partial charge in [-0.3, -0.25) is 4.79 Å². The molecule has 0 saturated heterocycles. The molecule has 1 aromatic rings. The zero-order valence-electron chi connectivity index (χ0n) is 10.8. The first-order chi connectivity index (χ1) is 8.88. The van der Waals surface area contributed by atoms with Crippen LogP contribution in [0.4, 0.5) is 5.69 Å². The molecule has 0 saturated carbocycles. The first kappa shape index (κ1) is 15.5. The van der Waals surface area contributed by atoms with Crippen LogP contribution in [0.3, 0.4) is 0 Å². The van der Waals surface area contributed by atoms with Crippen molar-refractivity contribution in [1.82, 2.24) is 0 Å². The lowest BCUT2D eigenvalue weighted by Crippen LogP contribution is -2.25. The highest BCUT2D eigenvalue weighted by atomic mass is 35.5. The zero-order chi connectivity index (χ0) is 14.6. The highest BCUT2D eigenvalue weighted by Gasteiger charge is 2.12. The van der Waals surface area contributed by atoms with E-state index in [1.54, 1.807) is 37.1 Å². The van der Waals surface area contributed by atoms with Crippen molar-refractivity contribution in [3.8, 4) is 0 Å². The number of aliphatic hydroxyl groups is 1. The predicted molar refractivity (Wildman–Crippen MR) is 79.4 cm³/mol. The maximum Gasteiger partial charge on any atom is 0.277 e. The maximum atomic E-state index is 11.6. The van der Waals surface area contributed by atoms with Crippen LogP contribution in [-0.4, -0.2) is 23.9 Å². The van der Waals surface area contributed by atoms with E-state index in [2.05, 4.69) is 4.99 Å². The Morgan fingerprint density at radius 3 is 2.58 bits per heavy atom. The molecule has 0 aromatic heterocycles. The second-order valence-electron chi connectivity index (χ2n) is 3.91. The van der Waals surface area contributed by atoms with Gasteiger partial charge < -0.3 is 10.0 Å². The van der Waals surface area contributed by atoms with Crippen molar-refractivity contribution in [3.63, 3.8) is 0 Å². The number of amidine groups is 1. The molecule has 1 aromatic carbocycles. The predicted octanol–water partition coefficient (Wildman–Crippen LogP) is 3.84. The molecule has 102 valence electrons. The summed E-state index contributed by atoms with van der Waals surface area (Å²) >= 11 is 12.0. The number of aliphatic hydroxyl groups excluding tert-OH is 1. The lowest BCUT2D eigenvalue weighted by atomic mass is 10.3. The van der Waals surface area contributed by atoms with Gasteiger partial charge in [0.25, 0.3) is 5.91 Å². The van der Waals surface area contributed by atoms with E-state index in [0.717, 1.165) is 6.26 Å². The minimum atomic E-state index is -0.509. The molecular weight excluding hydrogens is 287 g/mol. The Bertz CT molecular complexity index is 554. The molecule has 0 radical (unpaired) electrons. The Labute approximate surface area is 122 Å². The van der Waals surface area contributed by atoms with Gasteiger partial charge in [0.15, 0.2) is 0 Å². The fourth-order valence-corrected chi connectivity index (χ4v) is 1.71. The van der Waals surface area contributed by atoms with Crippen LogP contribution < -0.4 is 4.90 Å². The number of hydrogen-bond donors (Lipinski definition) is 1. The van der Waals surface area contributed by atoms with Gasteiger partial charge in [0.1, 0.15) is 5.84 Å². The van der Waals surface area contributed by atoms with E-state index in [9.17, 15) is 4.79 Å². The number of carbonyl (C=O) groups is 1. The Balaban J connectivity index is 3.06. The van der Waals surface area contributed by atoms with Crippen molar-refractivity contribution in [1.29, 1.82) is 0 Å². The van der Waals surface area contributed by atoms with E-state index < -0.39 is 5.91 Å². The van der Waals surface area contributed by atoms with Crippen LogP contribution in [0.15, 0.2) is 35.0 Å². The molecule has 0 heterocycles.